The van der Waals surface area contributed by atoms with Crippen molar-refractivity contribution in [2.45, 2.75) is 51.6 Å². The lowest BCUT2D eigenvalue weighted by atomic mass is 9.88. The number of hydrogen-bond acceptors (Lipinski definition) is 3. The molecule has 1 fully saturated rings. The summed E-state index contributed by atoms with van der Waals surface area (Å²) in [5.41, 5.74) is 6.15. The molecular weight excluding hydrogens is 360 g/mol. The van der Waals surface area contributed by atoms with Crippen molar-refractivity contribution >= 4 is 5.91 Å². The number of nitrogens with one attached hydrogen (secondary N) is 1. The van der Waals surface area contributed by atoms with Crippen LogP contribution in [-0.4, -0.2) is 37.1 Å². The van der Waals surface area contributed by atoms with Gasteiger partial charge in [0.15, 0.2) is 0 Å². The molecule has 0 aromatic heterocycles. The number of amides is 1. The maximum Gasteiger partial charge on any atom is 0.251 e. The van der Waals surface area contributed by atoms with Crippen LogP contribution < -0.4 is 5.32 Å². The second-order valence-corrected chi connectivity index (χ2v) is 8.25. The van der Waals surface area contributed by atoms with Gasteiger partial charge in [-0.2, -0.15) is 0 Å². The minimum absolute atomic E-state index is 0.00694. The lowest BCUT2D eigenvalue weighted by Crippen LogP contribution is -2.35. The average molecular weight is 393 g/mol. The first-order valence-corrected chi connectivity index (χ1v) is 11.0. The number of fused-ring (bicyclic) bond motifs is 1. The SMILES string of the molecule is CCC(NC(=O)c1ccc(CN2CCOCC2)cc1)c1ccc2c(c1)CCCC2. The Morgan fingerprint density at radius 1 is 1.03 bits per heavy atom. The first-order chi connectivity index (χ1) is 14.2. The zero-order valence-electron chi connectivity index (χ0n) is 17.5. The van der Waals surface area contributed by atoms with Crippen LogP contribution in [0.15, 0.2) is 42.5 Å². The molecule has 1 amide bonds. The highest BCUT2D eigenvalue weighted by Gasteiger charge is 2.17. The van der Waals surface area contributed by atoms with E-state index in [1.54, 1.807) is 0 Å². The van der Waals surface area contributed by atoms with Crippen LogP contribution in [0.1, 0.15) is 64.8 Å². The van der Waals surface area contributed by atoms with Gasteiger partial charge in [0.2, 0.25) is 0 Å². The van der Waals surface area contributed by atoms with Gasteiger partial charge < -0.3 is 10.1 Å². The summed E-state index contributed by atoms with van der Waals surface area (Å²) >= 11 is 0. The van der Waals surface area contributed by atoms with Crippen molar-refractivity contribution in [3.63, 3.8) is 0 Å². The monoisotopic (exact) mass is 392 g/mol. The maximum atomic E-state index is 12.8. The van der Waals surface area contributed by atoms with E-state index >= 15 is 0 Å². The van der Waals surface area contributed by atoms with E-state index < -0.39 is 0 Å². The van der Waals surface area contributed by atoms with Gasteiger partial charge >= 0.3 is 0 Å². The summed E-state index contributed by atoms with van der Waals surface area (Å²) in [6.45, 7) is 6.61. The van der Waals surface area contributed by atoms with Gasteiger partial charge in [-0.15, -0.1) is 0 Å². The lowest BCUT2D eigenvalue weighted by molar-refractivity contribution is 0.0342. The van der Waals surface area contributed by atoms with E-state index in [2.05, 4.69) is 47.5 Å². The fraction of sp³-hybridized carbons (Fsp3) is 0.480. The Hall–Kier alpha value is -2.17. The van der Waals surface area contributed by atoms with Crippen molar-refractivity contribution in [1.29, 1.82) is 0 Å². The smallest absolute Gasteiger partial charge is 0.251 e. The molecule has 29 heavy (non-hydrogen) atoms. The Bertz CT molecular complexity index is 825. The van der Waals surface area contributed by atoms with Crippen molar-refractivity contribution in [3.8, 4) is 0 Å². The largest absolute Gasteiger partial charge is 0.379 e. The van der Waals surface area contributed by atoms with Crippen LogP contribution in [0.4, 0.5) is 0 Å². The molecule has 0 saturated carbocycles. The summed E-state index contributed by atoms with van der Waals surface area (Å²) < 4.78 is 5.41. The minimum atomic E-state index is 0.00694. The van der Waals surface area contributed by atoms with E-state index in [0.717, 1.165) is 51.3 Å². The summed E-state index contributed by atoms with van der Waals surface area (Å²) in [5.74, 6) is 0.00694. The van der Waals surface area contributed by atoms with Crippen LogP contribution in [0.25, 0.3) is 0 Å². The molecule has 1 aliphatic carbocycles. The van der Waals surface area contributed by atoms with Gasteiger partial charge in [-0.25, -0.2) is 0 Å². The van der Waals surface area contributed by atoms with Crippen LogP contribution in [0, 0.1) is 0 Å². The minimum Gasteiger partial charge on any atom is -0.379 e. The van der Waals surface area contributed by atoms with Gasteiger partial charge in [0, 0.05) is 25.2 Å². The van der Waals surface area contributed by atoms with Crippen LogP contribution in [0.2, 0.25) is 0 Å². The highest BCUT2D eigenvalue weighted by Crippen LogP contribution is 2.26. The van der Waals surface area contributed by atoms with Crippen molar-refractivity contribution in [1.82, 2.24) is 10.2 Å². The number of morpholine rings is 1. The topological polar surface area (TPSA) is 41.6 Å². The quantitative estimate of drug-likeness (QED) is 0.798. The maximum absolute atomic E-state index is 12.8. The molecule has 1 atom stereocenters. The predicted octanol–water partition coefficient (Wildman–Crippen LogP) is 4.28. The first-order valence-electron chi connectivity index (χ1n) is 11.0. The summed E-state index contributed by atoms with van der Waals surface area (Å²) in [4.78, 5) is 15.2. The van der Waals surface area contributed by atoms with Crippen molar-refractivity contribution in [2.24, 2.45) is 0 Å². The average Bonchev–Trinajstić information content (AvgIpc) is 2.78. The number of benzene rings is 2. The fourth-order valence-corrected chi connectivity index (χ4v) is 4.41. The second kappa shape index (κ2) is 9.55. The molecule has 1 aliphatic heterocycles. The molecule has 4 rings (SSSR count). The molecule has 4 heteroatoms. The zero-order valence-corrected chi connectivity index (χ0v) is 17.5. The summed E-state index contributed by atoms with van der Waals surface area (Å²) in [6, 6.07) is 14.9. The molecule has 1 N–H and O–H groups in total. The molecule has 0 radical (unpaired) electrons. The van der Waals surface area contributed by atoms with Gasteiger partial charge in [-0.1, -0.05) is 37.3 Å². The highest BCUT2D eigenvalue weighted by molar-refractivity contribution is 5.94. The molecule has 1 heterocycles. The molecular formula is C25H32N2O2. The van der Waals surface area contributed by atoms with E-state index in [9.17, 15) is 4.79 Å². The van der Waals surface area contributed by atoms with Gasteiger partial charge in [-0.05, 0) is 66.5 Å². The van der Waals surface area contributed by atoms with Crippen molar-refractivity contribution in [2.75, 3.05) is 26.3 Å². The van der Waals surface area contributed by atoms with Crippen LogP contribution in [-0.2, 0) is 24.1 Å². The van der Waals surface area contributed by atoms with Crippen LogP contribution in [0.3, 0.4) is 0 Å². The second-order valence-electron chi connectivity index (χ2n) is 8.25. The molecule has 0 spiro atoms. The molecule has 0 bridgehead atoms. The van der Waals surface area contributed by atoms with Gasteiger partial charge in [-0.3, -0.25) is 9.69 Å². The Morgan fingerprint density at radius 2 is 1.76 bits per heavy atom. The predicted molar refractivity (Wildman–Crippen MR) is 116 cm³/mol. The number of carbonyl (C=O) groups is 1. The first kappa shape index (κ1) is 20.1. The standard InChI is InChI=1S/C25H32N2O2/c1-2-24(23-12-11-20-5-3-4-6-22(20)17-23)26-25(28)21-9-7-19(8-10-21)18-27-13-15-29-16-14-27/h7-12,17,24H,2-6,13-16,18H2,1H3,(H,26,28). The molecule has 1 unspecified atom stereocenters. The lowest BCUT2D eigenvalue weighted by Gasteiger charge is -2.26. The fourth-order valence-electron chi connectivity index (χ4n) is 4.41. The van der Waals surface area contributed by atoms with Gasteiger partial charge in [0.05, 0.1) is 19.3 Å². The molecule has 4 nitrogen and oxygen atoms in total. The van der Waals surface area contributed by atoms with Crippen molar-refractivity contribution < 1.29 is 9.53 Å². The molecule has 2 aliphatic rings. The molecule has 2 aromatic carbocycles. The van der Waals surface area contributed by atoms with Gasteiger partial charge in [0.25, 0.3) is 5.91 Å². The zero-order chi connectivity index (χ0) is 20.1. The molecule has 1 saturated heterocycles. The Kier molecular flexibility index (Phi) is 6.63. The Balaban J connectivity index is 1.39. The van der Waals surface area contributed by atoms with E-state index in [1.807, 2.05) is 12.1 Å². The number of rotatable bonds is 6. The Labute approximate surface area is 174 Å². The third-order valence-corrected chi connectivity index (χ3v) is 6.21. The number of carbonyl (C=O) groups excluding carboxylic acids is 1. The number of hydrogen-bond donors (Lipinski definition) is 1. The van der Waals surface area contributed by atoms with Gasteiger partial charge in [0.1, 0.15) is 0 Å². The summed E-state index contributed by atoms with van der Waals surface area (Å²) in [5, 5.41) is 3.24. The third-order valence-electron chi connectivity index (χ3n) is 6.21. The van der Waals surface area contributed by atoms with E-state index in [4.69, 9.17) is 4.74 Å². The van der Waals surface area contributed by atoms with E-state index in [-0.39, 0.29) is 11.9 Å². The highest BCUT2D eigenvalue weighted by atomic mass is 16.5. The normalized spacial score (nSPS) is 18.1. The van der Waals surface area contributed by atoms with Crippen LogP contribution >= 0.6 is 0 Å². The number of aryl methyl sites for hydroxylation is 2. The molecule has 154 valence electrons. The molecule has 2 aromatic rings. The number of nitrogens with zero attached hydrogens (tertiary/aromatic N) is 1. The Morgan fingerprint density at radius 3 is 2.48 bits per heavy atom. The number of ether oxygens (including phenoxy) is 1. The third kappa shape index (κ3) is 5.06. The van der Waals surface area contributed by atoms with Crippen LogP contribution in [0.5, 0.6) is 0 Å². The van der Waals surface area contributed by atoms with Crippen molar-refractivity contribution in [3.05, 3.63) is 70.3 Å². The summed E-state index contributed by atoms with van der Waals surface area (Å²) in [6.07, 6.45) is 5.81. The summed E-state index contributed by atoms with van der Waals surface area (Å²) in [7, 11) is 0. The van der Waals surface area contributed by atoms with E-state index in [0.29, 0.717) is 0 Å². The van der Waals surface area contributed by atoms with E-state index in [1.165, 1.54) is 41.5 Å².